The Balaban J connectivity index is 1.29. The summed E-state index contributed by atoms with van der Waals surface area (Å²) in [5.41, 5.74) is 22.0. The van der Waals surface area contributed by atoms with Crippen molar-refractivity contribution in [1.29, 1.82) is 0 Å². The van der Waals surface area contributed by atoms with Gasteiger partial charge in [-0.05, 0) is 149 Å². The number of rotatable bonds is 3. The Labute approximate surface area is 393 Å². The lowest BCUT2D eigenvalue weighted by atomic mass is 9.53. The standard InChI is InChI=1S/C63H66BNO/c1-59(2,3)38-23-25-42(43(30-38)36-19-15-14-16-20-36)53-54-41-22-18-17-21-37(41)29-45(47-33-40(61(7,8)9)32-46-44-31-39(60(4,5)6)24-26-51(44)65-57(46)47)56(54)64-58-55(53)48-34-49-50(35-52(48)66-58)63(12,13)28-27-62(49,10)11/h14-26,29-35,53,64-65H,27-28H2,1-13H3. The average molecular weight is 864 g/mol. The number of fused-ring (bicyclic) bond motifs is 10. The van der Waals surface area contributed by atoms with Crippen molar-refractivity contribution in [3.8, 4) is 22.3 Å². The lowest BCUT2D eigenvalue weighted by Crippen LogP contribution is -2.40. The van der Waals surface area contributed by atoms with E-state index in [0.717, 1.165) is 17.7 Å². The van der Waals surface area contributed by atoms with E-state index in [9.17, 15) is 0 Å². The van der Waals surface area contributed by atoms with E-state index in [0.29, 0.717) is 7.28 Å². The molecule has 332 valence electrons. The monoisotopic (exact) mass is 864 g/mol. The minimum Gasteiger partial charge on any atom is -0.471 e. The fourth-order valence-corrected chi connectivity index (χ4v) is 11.7. The first-order valence-electron chi connectivity index (χ1n) is 24.5. The molecule has 7 aromatic carbocycles. The second-order valence-electron chi connectivity index (χ2n) is 24.5. The molecule has 1 aliphatic carbocycles. The van der Waals surface area contributed by atoms with E-state index in [2.05, 4.69) is 216 Å². The van der Waals surface area contributed by atoms with Crippen LogP contribution >= 0.6 is 0 Å². The van der Waals surface area contributed by atoms with Crippen LogP contribution < -0.4 is 11.1 Å². The van der Waals surface area contributed by atoms with Crippen molar-refractivity contribution in [3.63, 3.8) is 0 Å². The zero-order chi connectivity index (χ0) is 46.5. The van der Waals surface area contributed by atoms with Crippen molar-refractivity contribution in [2.45, 2.75) is 136 Å². The van der Waals surface area contributed by atoms with Crippen molar-refractivity contribution >= 4 is 61.9 Å². The van der Waals surface area contributed by atoms with E-state index in [1.165, 1.54) is 117 Å². The van der Waals surface area contributed by atoms with Crippen LogP contribution in [0.5, 0.6) is 0 Å². The fourth-order valence-electron chi connectivity index (χ4n) is 11.7. The largest absolute Gasteiger partial charge is 0.471 e. The highest BCUT2D eigenvalue weighted by molar-refractivity contribution is 6.70. The summed E-state index contributed by atoms with van der Waals surface area (Å²) in [6.45, 7) is 30.8. The third kappa shape index (κ3) is 6.73. The molecule has 0 radical (unpaired) electrons. The molecule has 0 fully saturated rings. The van der Waals surface area contributed by atoms with Crippen molar-refractivity contribution in [1.82, 2.24) is 4.98 Å². The van der Waals surface area contributed by atoms with Gasteiger partial charge in [0.15, 0.2) is 0 Å². The zero-order valence-corrected chi connectivity index (χ0v) is 41.7. The normalized spacial score (nSPS) is 17.0. The summed E-state index contributed by atoms with van der Waals surface area (Å²) in [6.07, 6.45) is 2.33. The third-order valence-corrected chi connectivity index (χ3v) is 15.9. The maximum absolute atomic E-state index is 7.40. The summed E-state index contributed by atoms with van der Waals surface area (Å²) in [5.74, 6) is -0.0878. The van der Waals surface area contributed by atoms with Crippen LogP contribution in [0.3, 0.4) is 0 Å². The fraction of sp³-hybridized carbons (Fsp3) is 0.333. The number of benzene rings is 7. The van der Waals surface area contributed by atoms with Crippen LogP contribution in [0.2, 0.25) is 0 Å². The molecule has 1 N–H and O–H groups in total. The molecule has 1 atom stereocenters. The molecule has 0 spiro atoms. The van der Waals surface area contributed by atoms with E-state index < -0.39 is 0 Å². The number of H-pyrrole nitrogens is 1. The van der Waals surface area contributed by atoms with Gasteiger partial charge in [-0.15, -0.1) is 0 Å². The Bertz CT molecular complexity index is 3440. The Morgan fingerprint density at radius 2 is 1.14 bits per heavy atom. The molecule has 66 heavy (non-hydrogen) atoms. The van der Waals surface area contributed by atoms with E-state index in [1.807, 2.05) is 0 Å². The quantitative estimate of drug-likeness (QED) is 0.176. The molecule has 2 aromatic heterocycles. The molecular weight excluding hydrogens is 798 g/mol. The molecule has 2 aliphatic rings. The van der Waals surface area contributed by atoms with Gasteiger partial charge in [-0.1, -0.05) is 174 Å². The maximum Gasteiger partial charge on any atom is 0.240 e. The second kappa shape index (κ2) is 14.4. The summed E-state index contributed by atoms with van der Waals surface area (Å²) in [7, 11) is 0.712. The lowest BCUT2D eigenvalue weighted by Gasteiger charge is -2.41. The van der Waals surface area contributed by atoms with Gasteiger partial charge < -0.3 is 9.40 Å². The van der Waals surface area contributed by atoms with E-state index >= 15 is 0 Å². The number of aromatic amines is 1. The van der Waals surface area contributed by atoms with Crippen LogP contribution in [0.25, 0.3) is 65.8 Å². The van der Waals surface area contributed by atoms with Crippen molar-refractivity contribution in [2.24, 2.45) is 0 Å². The SMILES string of the molecule is CC(C)(C)c1ccc(C2c3c(c(-c4cc(C(C)(C)C)cc5c4[nH]c4ccc(C(C)(C)C)cc45)cc4ccccc34)Bc3oc4cc5c(cc4c32)C(C)(C)CCC5(C)C)c(-c2ccccc2)c1. The minimum absolute atomic E-state index is 0.0198. The van der Waals surface area contributed by atoms with Gasteiger partial charge in [-0.3, -0.25) is 0 Å². The number of hydrogen-bond donors (Lipinski definition) is 1. The van der Waals surface area contributed by atoms with Gasteiger partial charge >= 0.3 is 0 Å². The van der Waals surface area contributed by atoms with Crippen molar-refractivity contribution < 1.29 is 4.42 Å². The molecule has 0 amide bonds. The summed E-state index contributed by atoms with van der Waals surface area (Å²) >= 11 is 0. The van der Waals surface area contributed by atoms with Gasteiger partial charge in [0.05, 0.1) is 11.2 Å². The Kier molecular flexibility index (Phi) is 9.31. The van der Waals surface area contributed by atoms with Gasteiger partial charge in [0.25, 0.3) is 0 Å². The predicted molar refractivity (Wildman–Crippen MR) is 286 cm³/mol. The summed E-state index contributed by atoms with van der Waals surface area (Å²) < 4.78 is 7.40. The summed E-state index contributed by atoms with van der Waals surface area (Å²) in [4.78, 5) is 4.01. The van der Waals surface area contributed by atoms with Gasteiger partial charge in [0.2, 0.25) is 7.28 Å². The highest BCUT2D eigenvalue weighted by Gasteiger charge is 2.41. The number of nitrogens with one attached hydrogen (secondary N) is 1. The molecular formula is C63H66BNO. The molecule has 3 heteroatoms. The lowest BCUT2D eigenvalue weighted by molar-refractivity contribution is 0.332. The number of aromatic nitrogens is 1. The topological polar surface area (TPSA) is 28.9 Å². The Morgan fingerprint density at radius 1 is 0.530 bits per heavy atom. The number of furan rings is 1. The van der Waals surface area contributed by atoms with Crippen LogP contribution in [-0.4, -0.2) is 12.3 Å². The zero-order valence-electron chi connectivity index (χ0n) is 41.7. The Morgan fingerprint density at radius 3 is 1.83 bits per heavy atom. The van der Waals surface area contributed by atoms with E-state index in [-0.39, 0.29) is 33.0 Å². The third-order valence-electron chi connectivity index (χ3n) is 15.9. The molecule has 0 saturated carbocycles. The predicted octanol–water partition coefficient (Wildman–Crippen LogP) is 15.7. The molecule has 0 bridgehead atoms. The van der Waals surface area contributed by atoms with Gasteiger partial charge in [0, 0.05) is 38.7 Å². The van der Waals surface area contributed by atoms with E-state index in [4.69, 9.17) is 4.42 Å². The molecule has 2 nitrogen and oxygen atoms in total. The molecule has 1 unspecified atom stereocenters. The number of hydrogen-bond acceptors (Lipinski definition) is 1. The minimum atomic E-state index is -0.0878. The smallest absolute Gasteiger partial charge is 0.240 e. The second-order valence-corrected chi connectivity index (χ2v) is 24.5. The molecule has 3 heterocycles. The van der Waals surface area contributed by atoms with Crippen LogP contribution in [-0.2, 0) is 27.1 Å². The first-order valence-corrected chi connectivity index (χ1v) is 24.5. The molecule has 0 saturated heterocycles. The van der Waals surface area contributed by atoms with Gasteiger partial charge in [0.1, 0.15) is 5.58 Å². The van der Waals surface area contributed by atoms with Crippen LogP contribution in [0.4, 0.5) is 0 Å². The highest BCUT2D eigenvalue weighted by Crippen LogP contribution is 2.51. The summed E-state index contributed by atoms with van der Waals surface area (Å²) in [5, 5.41) is 6.42. The molecule has 1 aliphatic heterocycles. The van der Waals surface area contributed by atoms with Crippen LogP contribution in [0, 0.1) is 0 Å². The van der Waals surface area contributed by atoms with Crippen LogP contribution in [0.15, 0.2) is 126 Å². The molecule has 11 rings (SSSR count). The Hall–Kier alpha value is -5.80. The van der Waals surface area contributed by atoms with Crippen molar-refractivity contribution in [2.75, 3.05) is 0 Å². The van der Waals surface area contributed by atoms with Crippen LogP contribution in [0.1, 0.15) is 153 Å². The first kappa shape index (κ1) is 42.8. The highest BCUT2D eigenvalue weighted by atomic mass is 16.3. The van der Waals surface area contributed by atoms with Crippen molar-refractivity contribution in [3.05, 3.63) is 166 Å². The molecule has 9 aromatic rings. The average Bonchev–Trinajstić information content (AvgIpc) is 3.83. The maximum atomic E-state index is 7.40. The van der Waals surface area contributed by atoms with Gasteiger partial charge in [-0.2, -0.15) is 0 Å². The summed E-state index contributed by atoms with van der Waals surface area (Å²) in [6, 6.07) is 47.2. The van der Waals surface area contributed by atoms with Gasteiger partial charge in [-0.25, -0.2) is 0 Å². The van der Waals surface area contributed by atoms with E-state index in [1.54, 1.807) is 0 Å². The first-order chi connectivity index (χ1) is 31.1.